The van der Waals surface area contributed by atoms with Gasteiger partial charge in [0.05, 0.1) is 6.10 Å². The van der Waals surface area contributed by atoms with Gasteiger partial charge in [-0.15, -0.1) is 0 Å². The molecule has 1 aliphatic rings. The van der Waals surface area contributed by atoms with E-state index in [1.54, 1.807) is 19.1 Å². The summed E-state index contributed by atoms with van der Waals surface area (Å²) < 4.78 is 13.3. The van der Waals surface area contributed by atoms with Crippen LogP contribution in [-0.4, -0.2) is 11.2 Å². The fraction of sp³-hybridized carbons (Fsp3) is 0.500. The van der Waals surface area contributed by atoms with Crippen LogP contribution in [0.2, 0.25) is 0 Å². The number of halogens is 1. The van der Waals surface area contributed by atoms with E-state index in [1.807, 2.05) is 6.07 Å². The van der Waals surface area contributed by atoms with Gasteiger partial charge in [-0.1, -0.05) is 18.6 Å². The van der Waals surface area contributed by atoms with Gasteiger partial charge in [0.2, 0.25) is 0 Å². The quantitative estimate of drug-likeness (QED) is 0.728. The molecule has 0 heterocycles. The van der Waals surface area contributed by atoms with Gasteiger partial charge in [0.1, 0.15) is 5.82 Å². The van der Waals surface area contributed by atoms with Gasteiger partial charge < -0.3 is 5.11 Å². The molecule has 2 heteroatoms. The molecule has 2 atom stereocenters. The van der Waals surface area contributed by atoms with Crippen molar-refractivity contribution in [3.8, 4) is 0 Å². The zero-order valence-electron chi connectivity index (χ0n) is 8.33. The van der Waals surface area contributed by atoms with E-state index in [0.717, 1.165) is 24.8 Å². The van der Waals surface area contributed by atoms with Crippen molar-refractivity contribution in [3.63, 3.8) is 0 Å². The zero-order chi connectivity index (χ0) is 10.1. The smallest absolute Gasteiger partial charge is 0.126 e. The van der Waals surface area contributed by atoms with E-state index < -0.39 is 0 Å². The van der Waals surface area contributed by atoms with Crippen LogP contribution in [0, 0.1) is 12.7 Å². The van der Waals surface area contributed by atoms with Gasteiger partial charge in [0.25, 0.3) is 0 Å². The first-order chi connectivity index (χ1) is 6.68. The maximum absolute atomic E-state index is 13.3. The van der Waals surface area contributed by atoms with Gasteiger partial charge in [-0.05, 0) is 37.0 Å². The number of aliphatic hydroxyl groups excluding tert-OH is 1. The Kier molecular flexibility index (Phi) is 2.55. The molecule has 1 aliphatic carbocycles. The van der Waals surface area contributed by atoms with Gasteiger partial charge >= 0.3 is 0 Å². The summed E-state index contributed by atoms with van der Waals surface area (Å²) in [7, 11) is 0. The van der Waals surface area contributed by atoms with E-state index >= 15 is 0 Å². The Morgan fingerprint density at radius 1 is 1.36 bits per heavy atom. The first kappa shape index (κ1) is 9.66. The predicted molar refractivity (Wildman–Crippen MR) is 53.7 cm³/mol. The van der Waals surface area contributed by atoms with Crippen molar-refractivity contribution in [3.05, 3.63) is 35.1 Å². The topological polar surface area (TPSA) is 20.2 Å². The van der Waals surface area contributed by atoms with Crippen LogP contribution in [-0.2, 0) is 0 Å². The van der Waals surface area contributed by atoms with E-state index in [1.165, 1.54) is 0 Å². The Morgan fingerprint density at radius 3 is 2.71 bits per heavy atom. The molecule has 1 aromatic rings. The van der Waals surface area contributed by atoms with Crippen molar-refractivity contribution in [1.82, 2.24) is 0 Å². The molecule has 1 saturated carbocycles. The highest BCUT2D eigenvalue weighted by molar-refractivity contribution is 5.27. The molecule has 0 saturated heterocycles. The lowest BCUT2D eigenvalue weighted by molar-refractivity contribution is 0.163. The lowest BCUT2D eigenvalue weighted by Crippen LogP contribution is -2.11. The Morgan fingerprint density at radius 2 is 2.14 bits per heavy atom. The molecule has 1 N–H and O–H groups in total. The number of rotatable bonds is 1. The van der Waals surface area contributed by atoms with Crippen LogP contribution < -0.4 is 0 Å². The van der Waals surface area contributed by atoms with E-state index in [2.05, 4.69) is 0 Å². The van der Waals surface area contributed by atoms with Crippen molar-refractivity contribution >= 4 is 0 Å². The molecule has 1 aromatic carbocycles. The minimum atomic E-state index is -0.280. The molecule has 1 nitrogen and oxygen atoms in total. The van der Waals surface area contributed by atoms with Crippen molar-refractivity contribution in [1.29, 1.82) is 0 Å². The average molecular weight is 194 g/mol. The highest BCUT2D eigenvalue weighted by Gasteiger charge is 2.26. The summed E-state index contributed by atoms with van der Waals surface area (Å²) in [6.07, 6.45) is 2.59. The molecule has 0 amide bonds. The van der Waals surface area contributed by atoms with Gasteiger partial charge in [-0.2, -0.15) is 0 Å². The number of benzene rings is 1. The SMILES string of the molecule is Cc1ccc([C@H]2CCC[C@@H]2O)cc1F. The molecule has 0 unspecified atom stereocenters. The highest BCUT2D eigenvalue weighted by atomic mass is 19.1. The number of hydrogen-bond donors (Lipinski definition) is 1. The van der Waals surface area contributed by atoms with Crippen LogP contribution in [0.3, 0.4) is 0 Å². The Hall–Kier alpha value is -0.890. The van der Waals surface area contributed by atoms with Crippen LogP contribution >= 0.6 is 0 Å². The second-order valence-corrected chi connectivity index (χ2v) is 4.11. The zero-order valence-corrected chi connectivity index (χ0v) is 8.33. The predicted octanol–water partition coefficient (Wildman–Crippen LogP) is 2.76. The van der Waals surface area contributed by atoms with Crippen LogP contribution in [0.1, 0.15) is 36.3 Å². The molecule has 0 radical (unpaired) electrons. The molecule has 14 heavy (non-hydrogen) atoms. The Bertz CT molecular complexity index is 335. The third-order valence-electron chi connectivity index (χ3n) is 3.10. The van der Waals surface area contributed by atoms with Gasteiger partial charge in [0, 0.05) is 5.92 Å². The lowest BCUT2D eigenvalue weighted by atomic mass is 9.95. The normalized spacial score (nSPS) is 26.8. The first-order valence-corrected chi connectivity index (χ1v) is 5.12. The van der Waals surface area contributed by atoms with E-state index in [9.17, 15) is 9.50 Å². The van der Waals surface area contributed by atoms with Crippen molar-refractivity contribution in [2.75, 3.05) is 0 Å². The Balaban J connectivity index is 2.28. The summed E-state index contributed by atoms with van der Waals surface area (Å²) >= 11 is 0. The third kappa shape index (κ3) is 1.67. The average Bonchev–Trinajstić information content (AvgIpc) is 2.57. The lowest BCUT2D eigenvalue weighted by Gasteiger charge is -2.15. The number of aryl methyl sites for hydroxylation is 1. The fourth-order valence-electron chi connectivity index (χ4n) is 2.17. The molecule has 0 aliphatic heterocycles. The minimum Gasteiger partial charge on any atom is -0.392 e. The molecule has 1 fully saturated rings. The first-order valence-electron chi connectivity index (χ1n) is 5.12. The molecule has 0 bridgehead atoms. The molecule has 0 spiro atoms. The van der Waals surface area contributed by atoms with Crippen LogP contribution in [0.4, 0.5) is 4.39 Å². The highest BCUT2D eigenvalue weighted by Crippen LogP contribution is 2.34. The largest absolute Gasteiger partial charge is 0.392 e. The standard InChI is InChI=1S/C12H15FO/c1-8-5-6-9(7-11(8)13)10-3-2-4-12(10)14/h5-7,10,12,14H,2-4H2,1H3/t10-,12+/m1/s1. The summed E-state index contributed by atoms with van der Waals surface area (Å²) in [6, 6.07) is 5.28. The summed E-state index contributed by atoms with van der Waals surface area (Å²) in [4.78, 5) is 0. The monoisotopic (exact) mass is 194 g/mol. The summed E-state index contributed by atoms with van der Waals surface area (Å²) in [6.45, 7) is 1.75. The van der Waals surface area contributed by atoms with Gasteiger partial charge in [-0.3, -0.25) is 0 Å². The third-order valence-corrected chi connectivity index (χ3v) is 3.10. The molecular weight excluding hydrogens is 179 g/mol. The van der Waals surface area contributed by atoms with E-state index in [4.69, 9.17) is 0 Å². The fourth-order valence-corrected chi connectivity index (χ4v) is 2.17. The van der Waals surface area contributed by atoms with E-state index in [0.29, 0.717) is 5.56 Å². The number of aliphatic hydroxyl groups is 1. The van der Waals surface area contributed by atoms with Crippen LogP contribution in [0.5, 0.6) is 0 Å². The summed E-state index contributed by atoms with van der Waals surface area (Å²) in [5, 5.41) is 9.68. The molecule has 2 rings (SSSR count). The van der Waals surface area contributed by atoms with Crippen LogP contribution in [0.25, 0.3) is 0 Å². The summed E-state index contributed by atoms with van der Waals surface area (Å²) in [5.74, 6) is -0.0216. The van der Waals surface area contributed by atoms with Gasteiger partial charge in [-0.25, -0.2) is 4.39 Å². The van der Waals surface area contributed by atoms with Gasteiger partial charge in [0.15, 0.2) is 0 Å². The maximum Gasteiger partial charge on any atom is 0.126 e. The van der Waals surface area contributed by atoms with E-state index in [-0.39, 0.29) is 17.8 Å². The van der Waals surface area contributed by atoms with Crippen LogP contribution in [0.15, 0.2) is 18.2 Å². The molecule has 76 valence electrons. The number of hydrogen-bond acceptors (Lipinski definition) is 1. The second kappa shape index (κ2) is 3.70. The summed E-state index contributed by atoms with van der Waals surface area (Å²) in [5.41, 5.74) is 1.61. The Labute approximate surface area is 83.6 Å². The van der Waals surface area contributed by atoms with Crippen molar-refractivity contribution in [2.45, 2.75) is 38.2 Å². The second-order valence-electron chi connectivity index (χ2n) is 4.11. The molecular formula is C12H15FO. The molecule has 0 aromatic heterocycles. The minimum absolute atomic E-state index is 0.144. The van der Waals surface area contributed by atoms with Crippen molar-refractivity contribution < 1.29 is 9.50 Å². The van der Waals surface area contributed by atoms with Crippen molar-refractivity contribution in [2.24, 2.45) is 0 Å². The maximum atomic E-state index is 13.3.